The second-order valence-electron chi connectivity index (χ2n) is 4.87. The summed E-state index contributed by atoms with van der Waals surface area (Å²) in [6.07, 6.45) is 1.94. The van der Waals surface area contributed by atoms with Crippen LogP contribution in [0.2, 0.25) is 0 Å². The van der Waals surface area contributed by atoms with Crippen LogP contribution in [0.4, 0.5) is 0 Å². The van der Waals surface area contributed by atoms with Gasteiger partial charge in [0.15, 0.2) is 0 Å². The van der Waals surface area contributed by atoms with E-state index < -0.39 is 0 Å². The van der Waals surface area contributed by atoms with Crippen molar-refractivity contribution in [2.45, 2.75) is 39.8 Å². The van der Waals surface area contributed by atoms with Crippen molar-refractivity contribution >= 4 is 11.3 Å². The van der Waals surface area contributed by atoms with Gasteiger partial charge in [-0.15, -0.1) is 11.3 Å². The molecule has 1 aromatic carbocycles. The highest BCUT2D eigenvalue weighted by Gasteiger charge is 2.13. The lowest BCUT2D eigenvalue weighted by Gasteiger charge is -2.21. The highest BCUT2D eigenvalue weighted by molar-refractivity contribution is 7.09. The first-order chi connectivity index (χ1) is 8.58. The molecule has 0 fully saturated rings. The van der Waals surface area contributed by atoms with Gasteiger partial charge in [-0.3, -0.25) is 4.98 Å². The molecule has 1 aromatic heterocycles. The predicted octanol–water partition coefficient (Wildman–Crippen LogP) is 4.17. The summed E-state index contributed by atoms with van der Waals surface area (Å²) in [6.45, 7) is 8.72. The van der Waals surface area contributed by atoms with E-state index in [0.717, 1.165) is 0 Å². The Balaban J connectivity index is 2.10. The standard InChI is InChI=1S/C15H20N2S/c1-10-5-6-14(11(2)7-10)12(3)17-13(4)15-8-16-9-18-15/h5-9,12-13,17H,1-4H3. The third-order valence-electron chi connectivity index (χ3n) is 3.27. The minimum absolute atomic E-state index is 0.341. The molecule has 1 N–H and O–H groups in total. The molecule has 0 bridgehead atoms. The Hall–Kier alpha value is -1.19. The van der Waals surface area contributed by atoms with Crippen LogP contribution >= 0.6 is 11.3 Å². The number of nitrogens with one attached hydrogen (secondary N) is 1. The van der Waals surface area contributed by atoms with Gasteiger partial charge in [-0.05, 0) is 38.8 Å². The minimum Gasteiger partial charge on any atom is -0.303 e. The van der Waals surface area contributed by atoms with Crippen molar-refractivity contribution in [1.29, 1.82) is 0 Å². The van der Waals surface area contributed by atoms with Crippen molar-refractivity contribution in [3.8, 4) is 0 Å². The summed E-state index contributed by atoms with van der Waals surface area (Å²) in [7, 11) is 0. The lowest BCUT2D eigenvalue weighted by Crippen LogP contribution is -2.22. The van der Waals surface area contributed by atoms with Gasteiger partial charge in [0, 0.05) is 23.2 Å². The van der Waals surface area contributed by atoms with Crippen molar-refractivity contribution in [3.63, 3.8) is 0 Å². The van der Waals surface area contributed by atoms with Gasteiger partial charge in [0.25, 0.3) is 0 Å². The Morgan fingerprint density at radius 1 is 1.17 bits per heavy atom. The van der Waals surface area contributed by atoms with Crippen LogP contribution in [0, 0.1) is 13.8 Å². The van der Waals surface area contributed by atoms with Crippen LogP contribution in [0.15, 0.2) is 29.9 Å². The topological polar surface area (TPSA) is 24.9 Å². The molecule has 2 atom stereocenters. The second-order valence-corrected chi connectivity index (χ2v) is 5.79. The zero-order chi connectivity index (χ0) is 13.1. The van der Waals surface area contributed by atoms with Gasteiger partial charge in [-0.2, -0.15) is 0 Å². The third-order valence-corrected chi connectivity index (χ3v) is 4.23. The van der Waals surface area contributed by atoms with Crippen molar-refractivity contribution < 1.29 is 0 Å². The smallest absolute Gasteiger partial charge is 0.0794 e. The summed E-state index contributed by atoms with van der Waals surface area (Å²) in [6, 6.07) is 7.33. The van der Waals surface area contributed by atoms with Crippen LogP contribution in [-0.4, -0.2) is 4.98 Å². The molecule has 0 saturated heterocycles. The summed E-state index contributed by atoms with van der Waals surface area (Å²) in [4.78, 5) is 5.41. The first-order valence-corrected chi connectivity index (χ1v) is 7.17. The maximum absolute atomic E-state index is 4.13. The van der Waals surface area contributed by atoms with Gasteiger partial charge < -0.3 is 5.32 Å². The number of rotatable bonds is 4. The largest absolute Gasteiger partial charge is 0.303 e. The van der Waals surface area contributed by atoms with E-state index in [2.05, 4.69) is 56.2 Å². The molecule has 2 nitrogen and oxygen atoms in total. The predicted molar refractivity (Wildman–Crippen MR) is 78.0 cm³/mol. The first kappa shape index (κ1) is 13.2. The highest BCUT2D eigenvalue weighted by atomic mass is 32.1. The number of aryl methyl sites for hydroxylation is 2. The lowest BCUT2D eigenvalue weighted by molar-refractivity contribution is 0.498. The molecule has 18 heavy (non-hydrogen) atoms. The molecule has 0 aliphatic carbocycles. The van der Waals surface area contributed by atoms with E-state index in [1.165, 1.54) is 21.6 Å². The van der Waals surface area contributed by atoms with Gasteiger partial charge in [-0.1, -0.05) is 23.8 Å². The van der Waals surface area contributed by atoms with E-state index in [9.17, 15) is 0 Å². The lowest BCUT2D eigenvalue weighted by atomic mass is 10.00. The number of nitrogens with zero attached hydrogens (tertiary/aromatic N) is 1. The van der Waals surface area contributed by atoms with E-state index in [1.807, 2.05) is 11.7 Å². The van der Waals surface area contributed by atoms with Crippen molar-refractivity contribution in [1.82, 2.24) is 10.3 Å². The third kappa shape index (κ3) is 2.98. The molecule has 3 heteroatoms. The van der Waals surface area contributed by atoms with Crippen LogP contribution < -0.4 is 5.32 Å². The molecular formula is C15H20N2S. The highest BCUT2D eigenvalue weighted by Crippen LogP contribution is 2.24. The van der Waals surface area contributed by atoms with Gasteiger partial charge in [0.1, 0.15) is 0 Å². The maximum Gasteiger partial charge on any atom is 0.0794 e. The fourth-order valence-electron chi connectivity index (χ4n) is 2.30. The molecule has 0 spiro atoms. The zero-order valence-corrected chi connectivity index (χ0v) is 12.2. The van der Waals surface area contributed by atoms with E-state index in [-0.39, 0.29) is 0 Å². The van der Waals surface area contributed by atoms with Crippen LogP contribution in [0.25, 0.3) is 0 Å². The fourth-order valence-corrected chi connectivity index (χ4v) is 2.94. The van der Waals surface area contributed by atoms with E-state index in [1.54, 1.807) is 11.3 Å². The van der Waals surface area contributed by atoms with Crippen molar-refractivity contribution in [2.75, 3.05) is 0 Å². The summed E-state index contributed by atoms with van der Waals surface area (Å²) in [5.74, 6) is 0. The molecule has 1 heterocycles. The Kier molecular flexibility index (Phi) is 4.15. The molecular weight excluding hydrogens is 240 g/mol. The van der Waals surface area contributed by atoms with E-state index in [0.29, 0.717) is 12.1 Å². The van der Waals surface area contributed by atoms with Crippen LogP contribution in [0.1, 0.15) is 47.5 Å². The molecule has 0 saturated carbocycles. The summed E-state index contributed by atoms with van der Waals surface area (Å²) >= 11 is 1.70. The number of hydrogen-bond acceptors (Lipinski definition) is 3. The summed E-state index contributed by atoms with van der Waals surface area (Å²) in [5.41, 5.74) is 5.93. The number of hydrogen-bond donors (Lipinski definition) is 1. The number of aromatic nitrogens is 1. The van der Waals surface area contributed by atoms with Crippen molar-refractivity contribution in [2.24, 2.45) is 0 Å². The summed E-state index contributed by atoms with van der Waals surface area (Å²) in [5, 5.41) is 3.63. The molecule has 2 rings (SSSR count). The Morgan fingerprint density at radius 2 is 1.94 bits per heavy atom. The molecule has 0 aliphatic rings. The first-order valence-electron chi connectivity index (χ1n) is 6.29. The maximum atomic E-state index is 4.13. The van der Waals surface area contributed by atoms with Gasteiger partial charge >= 0.3 is 0 Å². The van der Waals surface area contributed by atoms with E-state index >= 15 is 0 Å². The van der Waals surface area contributed by atoms with E-state index in [4.69, 9.17) is 0 Å². The van der Waals surface area contributed by atoms with Crippen LogP contribution in [-0.2, 0) is 0 Å². The Labute approximate surface area is 113 Å². The molecule has 0 aliphatic heterocycles. The fraction of sp³-hybridized carbons (Fsp3) is 0.400. The minimum atomic E-state index is 0.341. The number of thiazole rings is 1. The normalized spacial score (nSPS) is 14.4. The van der Waals surface area contributed by atoms with Gasteiger partial charge in [-0.25, -0.2) is 0 Å². The quantitative estimate of drug-likeness (QED) is 0.892. The van der Waals surface area contributed by atoms with Gasteiger partial charge in [0.05, 0.1) is 5.51 Å². The number of benzene rings is 1. The zero-order valence-electron chi connectivity index (χ0n) is 11.4. The summed E-state index contributed by atoms with van der Waals surface area (Å²) < 4.78 is 0. The second kappa shape index (κ2) is 5.63. The SMILES string of the molecule is Cc1ccc(C(C)NC(C)c2cncs2)c(C)c1. The molecule has 2 unspecified atom stereocenters. The Bertz CT molecular complexity index is 505. The van der Waals surface area contributed by atoms with Crippen molar-refractivity contribution in [3.05, 3.63) is 51.5 Å². The molecule has 96 valence electrons. The average Bonchev–Trinajstić information content (AvgIpc) is 2.81. The van der Waals surface area contributed by atoms with Gasteiger partial charge in [0.2, 0.25) is 0 Å². The van der Waals surface area contributed by atoms with Crippen LogP contribution in [0.3, 0.4) is 0 Å². The molecule has 0 radical (unpaired) electrons. The van der Waals surface area contributed by atoms with Crippen LogP contribution in [0.5, 0.6) is 0 Å². The molecule has 2 aromatic rings. The molecule has 0 amide bonds. The average molecular weight is 260 g/mol. The monoisotopic (exact) mass is 260 g/mol. The Morgan fingerprint density at radius 3 is 2.56 bits per heavy atom.